The van der Waals surface area contributed by atoms with E-state index in [0.717, 1.165) is 24.3 Å². The molecule has 0 saturated carbocycles. The molecule has 0 aliphatic carbocycles. The molecular weight excluding hydrogens is 208 g/mol. The van der Waals surface area contributed by atoms with E-state index in [2.05, 4.69) is 42.2 Å². The lowest BCUT2D eigenvalue weighted by Gasteiger charge is -2.23. The van der Waals surface area contributed by atoms with Crippen LogP contribution in [0.1, 0.15) is 11.1 Å². The molecule has 0 saturated heterocycles. The van der Waals surface area contributed by atoms with Crippen molar-refractivity contribution in [1.29, 1.82) is 0 Å². The van der Waals surface area contributed by atoms with Crippen molar-refractivity contribution in [2.24, 2.45) is 0 Å². The molecule has 1 heterocycles. The van der Waals surface area contributed by atoms with Crippen LogP contribution in [0.2, 0.25) is 0 Å². The largest absolute Gasteiger partial charge is 0.397 e. The zero-order valence-electron chi connectivity index (χ0n) is 9.98. The Hall–Kier alpha value is -1.96. The Morgan fingerprint density at radius 3 is 2.71 bits per heavy atom. The molecule has 1 aliphatic heterocycles. The number of aryl methyl sites for hydroxylation is 1. The van der Waals surface area contributed by atoms with Crippen LogP contribution in [0, 0.1) is 6.92 Å². The van der Waals surface area contributed by atoms with Crippen LogP contribution in [0.4, 0.5) is 17.1 Å². The van der Waals surface area contributed by atoms with E-state index in [1.165, 1.54) is 16.8 Å². The predicted molar refractivity (Wildman–Crippen MR) is 72.7 cm³/mol. The molecular formula is C15H16N2. The minimum absolute atomic E-state index is 0.863. The lowest BCUT2D eigenvalue weighted by molar-refractivity contribution is 0.994. The van der Waals surface area contributed by atoms with E-state index in [1.807, 2.05) is 12.1 Å². The fourth-order valence-electron chi connectivity index (χ4n) is 2.62. The van der Waals surface area contributed by atoms with Gasteiger partial charge in [-0.25, -0.2) is 0 Å². The second kappa shape index (κ2) is 3.81. The van der Waals surface area contributed by atoms with Gasteiger partial charge in [0.1, 0.15) is 0 Å². The van der Waals surface area contributed by atoms with Gasteiger partial charge in [-0.15, -0.1) is 0 Å². The van der Waals surface area contributed by atoms with Gasteiger partial charge in [-0.2, -0.15) is 0 Å². The fourth-order valence-corrected chi connectivity index (χ4v) is 2.62. The number of rotatable bonds is 1. The third kappa shape index (κ3) is 1.57. The van der Waals surface area contributed by atoms with Crippen molar-refractivity contribution in [3.05, 3.63) is 53.6 Å². The third-order valence-corrected chi connectivity index (χ3v) is 3.43. The summed E-state index contributed by atoms with van der Waals surface area (Å²) in [6, 6.07) is 14.7. The zero-order chi connectivity index (χ0) is 11.8. The Morgan fingerprint density at radius 2 is 1.88 bits per heavy atom. The summed E-state index contributed by atoms with van der Waals surface area (Å²) in [5, 5.41) is 0. The lowest BCUT2D eigenvalue weighted by atomic mass is 10.1. The molecule has 0 fully saturated rings. The highest BCUT2D eigenvalue weighted by Gasteiger charge is 2.22. The van der Waals surface area contributed by atoms with Crippen molar-refractivity contribution in [3.63, 3.8) is 0 Å². The molecule has 1 aliphatic rings. The molecule has 2 N–H and O–H groups in total. The first kappa shape index (κ1) is 10.2. The van der Waals surface area contributed by atoms with E-state index in [9.17, 15) is 0 Å². The third-order valence-electron chi connectivity index (χ3n) is 3.43. The summed E-state index contributed by atoms with van der Waals surface area (Å²) in [6.07, 6.45) is 1.10. The van der Waals surface area contributed by atoms with E-state index >= 15 is 0 Å². The van der Waals surface area contributed by atoms with Crippen LogP contribution in [-0.2, 0) is 6.42 Å². The first-order chi connectivity index (χ1) is 8.27. The van der Waals surface area contributed by atoms with Crippen molar-refractivity contribution < 1.29 is 0 Å². The van der Waals surface area contributed by atoms with Gasteiger partial charge in [-0.05, 0) is 36.6 Å². The summed E-state index contributed by atoms with van der Waals surface area (Å²) in [5.74, 6) is 0. The van der Waals surface area contributed by atoms with Gasteiger partial charge >= 0.3 is 0 Å². The predicted octanol–water partition coefficient (Wildman–Crippen LogP) is 3.27. The Labute approximate surface area is 102 Å². The van der Waals surface area contributed by atoms with E-state index in [4.69, 9.17) is 5.73 Å². The maximum atomic E-state index is 6.12. The molecule has 0 radical (unpaired) electrons. The summed E-state index contributed by atoms with van der Waals surface area (Å²) in [6.45, 7) is 3.14. The van der Waals surface area contributed by atoms with Gasteiger partial charge in [0.2, 0.25) is 0 Å². The summed E-state index contributed by atoms with van der Waals surface area (Å²) in [4.78, 5) is 2.33. The number of fused-ring (bicyclic) bond motifs is 1. The van der Waals surface area contributed by atoms with Crippen LogP contribution in [0.25, 0.3) is 0 Å². The summed E-state index contributed by atoms with van der Waals surface area (Å²) < 4.78 is 0. The number of hydrogen-bond acceptors (Lipinski definition) is 2. The number of nitrogen functional groups attached to an aromatic ring is 1. The minimum atomic E-state index is 0.863. The average Bonchev–Trinajstić information content (AvgIpc) is 2.73. The van der Waals surface area contributed by atoms with Crippen LogP contribution < -0.4 is 10.6 Å². The SMILES string of the molecule is Cc1cccc(N)c1N1CCc2ccccc21. The quantitative estimate of drug-likeness (QED) is 0.753. The Kier molecular flexibility index (Phi) is 2.29. The van der Waals surface area contributed by atoms with E-state index < -0.39 is 0 Å². The molecule has 0 bridgehead atoms. The number of hydrogen-bond donors (Lipinski definition) is 1. The number of nitrogens with two attached hydrogens (primary N) is 1. The first-order valence-corrected chi connectivity index (χ1v) is 5.98. The van der Waals surface area contributed by atoms with Crippen molar-refractivity contribution in [3.8, 4) is 0 Å². The van der Waals surface area contributed by atoms with E-state index in [0.29, 0.717) is 0 Å². The monoisotopic (exact) mass is 224 g/mol. The second-order valence-corrected chi connectivity index (χ2v) is 4.54. The smallest absolute Gasteiger partial charge is 0.0674 e. The summed E-state index contributed by atoms with van der Waals surface area (Å²) in [5.41, 5.74) is 12.1. The highest BCUT2D eigenvalue weighted by molar-refractivity contribution is 5.80. The molecule has 0 spiro atoms. The van der Waals surface area contributed by atoms with Gasteiger partial charge < -0.3 is 10.6 Å². The average molecular weight is 224 g/mol. The fraction of sp³-hybridized carbons (Fsp3) is 0.200. The molecule has 2 nitrogen and oxygen atoms in total. The van der Waals surface area contributed by atoms with Gasteiger partial charge in [0, 0.05) is 12.2 Å². The van der Waals surface area contributed by atoms with Crippen LogP contribution in [-0.4, -0.2) is 6.54 Å². The van der Waals surface area contributed by atoms with Crippen LogP contribution in [0.3, 0.4) is 0 Å². The summed E-state index contributed by atoms with van der Waals surface area (Å²) >= 11 is 0. The molecule has 86 valence electrons. The van der Waals surface area contributed by atoms with Gasteiger partial charge in [0.05, 0.1) is 11.4 Å². The van der Waals surface area contributed by atoms with Crippen molar-refractivity contribution in [2.75, 3.05) is 17.2 Å². The van der Waals surface area contributed by atoms with Gasteiger partial charge in [-0.3, -0.25) is 0 Å². The number of anilines is 3. The van der Waals surface area contributed by atoms with Gasteiger partial charge in [0.15, 0.2) is 0 Å². The number of para-hydroxylation sites is 2. The Balaban J connectivity index is 2.13. The molecule has 0 atom stereocenters. The van der Waals surface area contributed by atoms with Crippen LogP contribution in [0.15, 0.2) is 42.5 Å². The molecule has 3 rings (SSSR count). The van der Waals surface area contributed by atoms with Gasteiger partial charge in [0.25, 0.3) is 0 Å². The Morgan fingerprint density at radius 1 is 1.06 bits per heavy atom. The standard InChI is InChI=1S/C15H16N2/c1-11-5-4-7-13(16)15(11)17-10-9-12-6-2-3-8-14(12)17/h2-8H,9-10,16H2,1H3. The number of benzene rings is 2. The van der Waals surface area contributed by atoms with Crippen LogP contribution >= 0.6 is 0 Å². The minimum Gasteiger partial charge on any atom is -0.397 e. The van der Waals surface area contributed by atoms with Crippen molar-refractivity contribution in [2.45, 2.75) is 13.3 Å². The first-order valence-electron chi connectivity index (χ1n) is 5.98. The molecule has 2 heteroatoms. The second-order valence-electron chi connectivity index (χ2n) is 4.54. The summed E-state index contributed by atoms with van der Waals surface area (Å²) in [7, 11) is 0. The number of nitrogens with zero attached hydrogens (tertiary/aromatic N) is 1. The highest BCUT2D eigenvalue weighted by Crippen LogP contribution is 2.38. The zero-order valence-corrected chi connectivity index (χ0v) is 9.98. The molecule has 2 aromatic carbocycles. The maximum absolute atomic E-state index is 6.12. The van der Waals surface area contributed by atoms with E-state index in [-0.39, 0.29) is 0 Å². The van der Waals surface area contributed by atoms with Crippen molar-refractivity contribution in [1.82, 2.24) is 0 Å². The molecule has 2 aromatic rings. The topological polar surface area (TPSA) is 29.3 Å². The molecule has 0 unspecified atom stereocenters. The lowest BCUT2D eigenvalue weighted by Crippen LogP contribution is -2.16. The van der Waals surface area contributed by atoms with Gasteiger partial charge in [-0.1, -0.05) is 30.3 Å². The van der Waals surface area contributed by atoms with E-state index in [1.54, 1.807) is 0 Å². The van der Waals surface area contributed by atoms with Crippen LogP contribution in [0.5, 0.6) is 0 Å². The molecule has 0 aromatic heterocycles. The molecule has 17 heavy (non-hydrogen) atoms. The Bertz CT molecular complexity index is 540. The highest BCUT2D eigenvalue weighted by atomic mass is 15.2. The van der Waals surface area contributed by atoms with Crippen molar-refractivity contribution >= 4 is 17.1 Å². The normalized spacial score (nSPS) is 13.8. The maximum Gasteiger partial charge on any atom is 0.0674 e. The molecule has 0 amide bonds.